The van der Waals surface area contributed by atoms with Crippen molar-refractivity contribution in [2.24, 2.45) is 0 Å². The topological polar surface area (TPSA) is 32.3 Å². The van der Waals surface area contributed by atoms with Crippen LogP contribution in [-0.4, -0.2) is 36.5 Å². The van der Waals surface area contributed by atoms with Crippen molar-refractivity contribution in [2.75, 3.05) is 19.6 Å². The number of nitrogens with one attached hydrogen (secondary N) is 1. The van der Waals surface area contributed by atoms with E-state index in [1.165, 1.54) is 6.07 Å². The lowest BCUT2D eigenvalue weighted by Gasteiger charge is -2.32. The van der Waals surface area contributed by atoms with Gasteiger partial charge in [-0.15, -0.1) is 12.4 Å². The van der Waals surface area contributed by atoms with Gasteiger partial charge in [-0.25, -0.2) is 4.39 Å². The summed E-state index contributed by atoms with van der Waals surface area (Å²) >= 11 is 0. The van der Waals surface area contributed by atoms with Gasteiger partial charge in [0, 0.05) is 31.2 Å². The van der Waals surface area contributed by atoms with Crippen LogP contribution in [0.4, 0.5) is 4.39 Å². The summed E-state index contributed by atoms with van der Waals surface area (Å²) in [4.78, 5) is 13.9. The Bertz CT molecular complexity index is 439. The molecule has 1 N–H and O–H groups in total. The maximum absolute atomic E-state index is 13.4. The SMILES string of the molecule is Cc1ccc(C(=O)N2CCNC(C)C2)cc1F.Cl. The van der Waals surface area contributed by atoms with Gasteiger partial charge in [0.2, 0.25) is 0 Å². The summed E-state index contributed by atoms with van der Waals surface area (Å²) in [6.07, 6.45) is 0. The van der Waals surface area contributed by atoms with Gasteiger partial charge < -0.3 is 10.2 Å². The molecule has 1 amide bonds. The van der Waals surface area contributed by atoms with Crippen molar-refractivity contribution < 1.29 is 9.18 Å². The van der Waals surface area contributed by atoms with Gasteiger partial charge >= 0.3 is 0 Å². The molecule has 18 heavy (non-hydrogen) atoms. The second-order valence-electron chi connectivity index (χ2n) is 4.57. The van der Waals surface area contributed by atoms with E-state index in [9.17, 15) is 9.18 Å². The van der Waals surface area contributed by atoms with E-state index in [0.29, 0.717) is 30.3 Å². The number of piperazine rings is 1. The standard InChI is InChI=1S/C13H17FN2O.ClH/c1-9-3-4-11(7-12(9)14)13(17)16-6-5-15-10(2)8-16;/h3-4,7,10,15H,5-6,8H2,1-2H3;1H. The summed E-state index contributed by atoms with van der Waals surface area (Å²) in [6.45, 7) is 5.87. The summed E-state index contributed by atoms with van der Waals surface area (Å²) in [6, 6.07) is 4.95. The lowest BCUT2D eigenvalue weighted by Crippen LogP contribution is -2.51. The summed E-state index contributed by atoms with van der Waals surface area (Å²) in [5, 5.41) is 3.27. The van der Waals surface area contributed by atoms with Crippen LogP contribution in [0.5, 0.6) is 0 Å². The minimum atomic E-state index is -0.320. The Kier molecular flexibility index (Phi) is 5.11. The van der Waals surface area contributed by atoms with E-state index in [2.05, 4.69) is 5.32 Å². The zero-order valence-corrected chi connectivity index (χ0v) is 11.4. The number of hydrogen-bond donors (Lipinski definition) is 1. The predicted molar refractivity (Wildman–Crippen MR) is 71.8 cm³/mol. The number of carbonyl (C=O) groups excluding carboxylic acids is 1. The third-order valence-corrected chi connectivity index (χ3v) is 3.07. The molecule has 1 aliphatic heterocycles. The summed E-state index contributed by atoms with van der Waals surface area (Å²) in [5.74, 6) is -0.406. The van der Waals surface area contributed by atoms with Crippen LogP contribution in [0, 0.1) is 12.7 Å². The highest BCUT2D eigenvalue weighted by atomic mass is 35.5. The highest BCUT2D eigenvalue weighted by molar-refractivity contribution is 5.94. The number of benzene rings is 1. The Labute approximate surface area is 113 Å². The van der Waals surface area contributed by atoms with Crippen molar-refractivity contribution in [3.8, 4) is 0 Å². The third kappa shape index (κ3) is 3.21. The number of nitrogens with zero attached hydrogens (tertiary/aromatic N) is 1. The van der Waals surface area contributed by atoms with Crippen LogP contribution in [0.25, 0.3) is 0 Å². The highest BCUT2D eigenvalue weighted by Gasteiger charge is 2.21. The van der Waals surface area contributed by atoms with E-state index in [1.807, 2.05) is 6.92 Å². The molecule has 0 bridgehead atoms. The molecule has 100 valence electrons. The van der Waals surface area contributed by atoms with E-state index in [1.54, 1.807) is 24.0 Å². The maximum atomic E-state index is 13.4. The molecule has 1 aromatic carbocycles. The molecule has 2 rings (SSSR count). The fraction of sp³-hybridized carbons (Fsp3) is 0.462. The summed E-state index contributed by atoms with van der Waals surface area (Å²) in [5.41, 5.74) is 0.998. The van der Waals surface area contributed by atoms with Crippen molar-refractivity contribution in [1.29, 1.82) is 0 Å². The van der Waals surface area contributed by atoms with Gasteiger partial charge in [-0.05, 0) is 31.5 Å². The molecule has 5 heteroatoms. The molecule has 1 aliphatic rings. The van der Waals surface area contributed by atoms with Crippen LogP contribution in [0.1, 0.15) is 22.8 Å². The molecule has 1 unspecified atom stereocenters. The largest absolute Gasteiger partial charge is 0.336 e. The second kappa shape index (κ2) is 6.16. The van der Waals surface area contributed by atoms with Crippen LogP contribution in [0.3, 0.4) is 0 Å². The Balaban J connectivity index is 0.00000162. The Morgan fingerprint density at radius 3 is 2.83 bits per heavy atom. The number of halogens is 2. The molecule has 3 nitrogen and oxygen atoms in total. The van der Waals surface area contributed by atoms with Gasteiger partial charge in [0.1, 0.15) is 5.82 Å². The van der Waals surface area contributed by atoms with E-state index < -0.39 is 0 Å². The average molecular weight is 273 g/mol. The van der Waals surface area contributed by atoms with E-state index in [0.717, 1.165) is 6.54 Å². The van der Waals surface area contributed by atoms with Crippen molar-refractivity contribution in [2.45, 2.75) is 19.9 Å². The second-order valence-corrected chi connectivity index (χ2v) is 4.57. The predicted octanol–water partition coefficient (Wildman–Crippen LogP) is 1.99. The first-order valence-corrected chi connectivity index (χ1v) is 5.87. The minimum Gasteiger partial charge on any atom is -0.336 e. The first kappa shape index (κ1) is 14.9. The zero-order chi connectivity index (χ0) is 12.4. The van der Waals surface area contributed by atoms with Crippen molar-refractivity contribution in [1.82, 2.24) is 10.2 Å². The molecule has 0 aromatic heterocycles. The first-order chi connectivity index (χ1) is 8.08. The van der Waals surface area contributed by atoms with Gasteiger partial charge in [-0.1, -0.05) is 6.07 Å². The zero-order valence-electron chi connectivity index (χ0n) is 10.6. The van der Waals surface area contributed by atoms with Gasteiger partial charge in [-0.2, -0.15) is 0 Å². The third-order valence-electron chi connectivity index (χ3n) is 3.07. The fourth-order valence-electron chi connectivity index (χ4n) is 2.03. The number of hydrogen-bond acceptors (Lipinski definition) is 2. The number of carbonyl (C=O) groups is 1. The molecule has 1 saturated heterocycles. The normalized spacial score (nSPS) is 19.3. The van der Waals surface area contributed by atoms with Crippen molar-refractivity contribution in [3.05, 3.63) is 35.1 Å². The Morgan fingerprint density at radius 1 is 1.50 bits per heavy atom. The van der Waals surface area contributed by atoms with E-state index in [-0.39, 0.29) is 24.1 Å². The van der Waals surface area contributed by atoms with E-state index in [4.69, 9.17) is 0 Å². The molecule has 0 spiro atoms. The fourth-order valence-corrected chi connectivity index (χ4v) is 2.03. The van der Waals surface area contributed by atoms with Crippen LogP contribution in [0.2, 0.25) is 0 Å². The monoisotopic (exact) mass is 272 g/mol. The smallest absolute Gasteiger partial charge is 0.254 e. The van der Waals surface area contributed by atoms with E-state index >= 15 is 0 Å². The quantitative estimate of drug-likeness (QED) is 0.848. The van der Waals surface area contributed by atoms with Crippen LogP contribution < -0.4 is 5.32 Å². The molecule has 1 fully saturated rings. The van der Waals surface area contributed by atoms with Crippen LogP contribution in [0.15, 0.2) is 18.2 Å². The molecule has 1 heterocycles. The van der Waals surface area contributed by atoms with Crippen molar-refractivity contribution >= 4 is 18.3 Å². The van der Waals surface area contributed by atoms with Gasteiger partial charge in [0.05, 0.1) is 0 Å². The molecule has 1 atom stereocenters. The average Bonchev–Trinajstić information content (AvgIpc) is 2.32. The van der Waals surface area contributed by atoms with Crippen LogP contribution in [-0.2, 0) is 0 Å². The maximum Gasteiger partial charge on any atom is 0.254 e. The molecular formula is C13H18ClFN2O. The van der Waals surface area contributed by atoms with Crippen LogP contribution >= 0.6 is 12.4 Å². The minimum absolute atomic E-state index is 0. The molecule has 1 aromatic rings. The molecule has 0 saturated carbocycles. The molecule has 0 aliphatic carbocycles. The summed E-state index contributed by atoms with van der Waals surface area (Å²) < 4.78 is 13.4. The lowest BCUT2D eigenvalue weighted by molar-refractivity contribution is 0.0708. The number of amides is 1. The van der Waals surface area contributed by atoms with Crippen molar-refractivity contribution in [3.63, 3.8) is 0 Å². The first-order valence-electron chi connectivity index (χ1n) is 5.87. The Morgan fingerprint density at radius 2 is 2.22 bits per heavy atom. The van der Waals surface area contributed by atoms with Gasteiger partial charge in [0.25, 0.3) is 5.91 Å². The number of aryl methyl sites for hydroxylation is 1. The molecular weight excluding hydrogens is 255 g/mol. The lowest BCUT2D eigenvalue weighted by atomic mass is 10.1. The highest BCUT2D eigenvalue weighted by Crippen LogP contribution is 2.12. The van der Waals surface area contributed by atoms with Gasteiger partial charge in [-0.3, -0.25) is 4.79 Å². The summed E-state index contributed by atoms with van der Waals surface area (Å²) in [7, 11) is 0. The van der Waals surface area contributed by atoms with Gasteiger partial charge in [0.15, 0.2) is 0 Å². The Hall–Kier alpha value is -1.13. The number of rotatable bonds is 1. The molecule has 0 radical (unpaired) electrons.